The number of aromatic nitrogens is 1. The Balaban J connectivity index is 1.64. The lowest BCUT2D eigenvalue weighted by atomic mass is 10.1. The molecule has 6 heteroatoms. The van der Waals surface area contributed by atoms with Gasteiger partial charge in [-0.15, -0.1) is 0 Å². The fourth-order valence-corrected chi connectivity index (χ4v) is 2.63. The molecule has 2 heterocycles. The normalized spacial score (nSPS) is 13.2. The quantitative estimate of drug-likeness (QED) is 0.876. The van der Waals surface area contributed by atoms with Crippen molar-refractivity contribution in [1.29, 1.82) is 0 Å². The minimum atomic E-state index is -0.350. The number of carbonyl (C=O) groups is 3. The summed E-state index contributed by atoms with van der Waals surface area (Å²) in [7, 11) is 0. The molecule has 0 saturated heterocycles. The molecule has 0 saturated carbocycles. The van der Waals surface area contributed by atoms with Crippen molar-refractivity contribution >= 4 is 23.5 Å². The molecule has 1 aliphatic heterocycles. The van der Waals surface area contributed by atoms with Crippen molar-refractivity contribution in [2.45, 2.75) is 20.3 Å². The summed E-state index contributed by atoms with van der Waals surface area (Å²) in [6.07, 6.45) is 1.64. The SMILES string of the molecule is Cc1ccnc(NC(=O)CCN2C(=O)c3ccc(C)cc3C2=O)c1. The van der Waals surface area contributed by atoms with Crippen LogP contribution < -0.4 is 5.32 Å². The summed E-state index contributed by atoms with van der Waals surface area (Å²) >= 11 is 0. The van der Waals surface area contributed by atoms with E-state index in [4.69, 9.17) is 0 Å². The van der Waals surface area contributed by atoms with Crippen LogP contribution in [0.2, 0.25) is 0 Å². The minimum absolute atomic E-state index is 0.0278. The van der Waals surface area contributed by atoms with Gasteiger partial charge in [0.25, 0.3) is 11.8 Å². The number of nitrogens with zero attached hydrogens (tertiary/aromatic N) is 2. The molecule has 1 aromatic carbocycles. The van der Waals surface area contributed by atoms with Gasteiger partial charge < -0.3 is 5.32 Å². The van der Waals surface area contributed by atoms with Crippen molar-refractivity contribution < 1.29 is 14.4 Å². The number of fused-ring (bicyclic) bond motifs is 1. The summed E-state index contributed by atoms with van der Waals surface area (Å²) < 4.78 is 0. The summed E-state index contributed by atoms with van der Waals surface area (Å²) in [6.45, 7) is 3.81. The molecule has 3 amide bonds. The molecule has 3 rings (SSSR count). The third-order valence-corrected chi connectivity index (χ3v) is 3.87. The highest BCUT2D eigenvalue weighted by Gasteiger charge is 2.35. The van der Waals surface area contributed by atoms with Gasteiger partial charge in [0.2, 0.25) is 5.91 Å². The number of anilines is 1. The van der Waals surface area contributed by atoms with Crippen molar-refractivity contribution in [3.63, 3.8) is 0 Å². The first-order valence-electron chi connectivity index (χ1n) is 7.65. The zero-order valence-electron chi connectivity index (χ0n) is 13.5. The standard InChI is InChI=1S/C18H17N3O3/c1-11-3-4-13-14(9-11)18(24)21(17(13)23)8-6-16(22)20-15-10-12(2)5-7-19-15/h3-5,7,9-10H,6,8H2,1-2H3,(H,19,20,22). The van der Waals surface area contributed by atoms with E-state index in [1.807, 2.05) is 19.9 Å². The maximum atomic E-state index is 12.3. The third kappa shape index (κ3) is 3.03. The average molecular weight is 323 g/mol. The second-order valence-corrected chi connectivity index (χ2v) is 5.83. The van der Waals surface area contributed by atoms with Crippen LogP contribution in [-0.2, 0) is 4.79 Å². The predicted molar refractivity (Wildman–Crippen MR) is 88.8 cm³/mol. The second-order valence-electron chi connectivity index (χ2n) is 5.83. The highest BCUT2D eigenvalue weighted by atomic mass is 16.2. The van der Waals surface area contributed by atoms with Crippen molar-refractivity contribution in [1.82, 2.24) is 9.88 Å². The average Bonchev–Trinajstić information content (AvgIpc) is 2.76. The smallest absolute Gasteiger partial charge is 0.261 e. The number of rotatable bonds is 4. The molecule has 1 aromatic heterocycles. The molecule has 0 radical (unpaired) electrons. The van der Waals surface area contributed by atoms with Gasteiger partial charge in [0.15, 0.2) is 0 Å². The Bertz CT molecular complexity index is 845. The second kappa shape index (κ2) is 6.23. The van der Waals surface area contributed by atoms with E-state index in [1.165, 1.54) is 0 Å². The van der Waals surface area contributed by atoms with Crippen molar-refractivity contribution in [2.24, 2.45) is 0 Å². The zero-order chi connectivity index (χ0) is 17.3. The molecule has 0 fully saturated rings. The monoisotopic (exact) mass is 323 g/mol. The molecule has 0 spiro atoms. The first kappa shape index (κ1) is 15.9. The van der Waals surface area contributed by atoms with E-state index in [2.05, 4.69) is 10.3 Å². The third-order valence-electron chi connectivity index (χ3n) is 3.87. The Hall–Kier alpha value is -3.02. The van der Waals surface area contributed by atoms with Gasteiger partial charge in [0.05, 0.1) is 11.1 Å². The van der Waals surface area contributed by atoms with Crippen LogP contribution in [0.3, 0.4) is 0 Å². The largest absolute Gasteiger partial charge is 0.311 e. The number of amides is 3. The van der Waals surface area contributed by atoms with Gasteiger partial charge in [-0.3, -0.25) is 19.3 Å². The summed E-state index contributed by atoms with van der Waals surface area (Å²) in [6, 6.07) is 8.73. The number of hydrogen-bond donors (Lipinski definition) is 1. The van der Waals surface area contributed by atoms with Crippen molar-refractivity contribution in [3.8, 4) is 0 Å². The summed E-state index contributed by atoms with van der Waals surface area (Å²) in [4.78, 5) is 41.8. The Labute approximate surface area is 139 Å². The van der Waals surface area contributed by atoms with Gasteiger partial charge in [0, 0.05) is 19.2 Å². The first-order valence-corrected chi connectivity index (χ1v) is 7.65. The molecule has 24 heavy (non-hydrogen) atoms. The van der Waals surface area contributed by atoms with Gasteiger partial charge in [-0.2, -0.15) is 0 Å². The zero-order valence-corrected chi connectivity index (χ0v) is 13.5. The minimum Gasteiger partial charge on any atom is -0.311 e. The van der Waals surface area contributed by atoms with E-state index in [1.54, 1.807) is 30.5 Å². The number of hydrogen-bond acceptors (Lipinski definition) is 4. The van der Waals surface area contributed by atoms with Gasteiger partial charge in [-0.25, -0.2) is 4.98 Å². The molecule has 2 aromatic rings. The van der Waals surface area contributed by atoms with Crippen LogP contribution in [0.25, 0.3) is 0 Å². The van der Waals surface area contributed by atoms with Gasteiger partial charge in [-0.1, -0.05) is 11.6 Å². The topological polar surface area (TPSA) is 79.4 Å². The van der Waals surface area contributed by atoms with Crippen LogP contribution >= 0.6 is 0 Å². The summed E-state index contributed by atoms with van der Waals surface area (Å²) in [5, 5.41) is 2.67. The van der Waals surface area contributed by atoms with E-state index in [0.717, 1.165) is 16.0 Å². The van der Waals surface area contributed by atoms with E-state index < -0.39 is 0 Å². The van der Waals surface area contributed by atoms with Crippen molar-refractivity contribution in [2.75, 3.05) is 11.9 Å². The molecule has 6 nitrogen and oxygen atoms in total. The van der Waals surface area contributed by atoms with Crippen LogP contribution in [0.1, 0.15) is 38.3 Å². The number of imide groups is 1. The van der Waals surface area contributed by atoms with E-state index in [-0.39, 0.29) is 30.7 Å². The number of pyridine rings is 1. The van der Waals surface area contributed by atoms with Gasteiger partial charge >= 0.3 is 0 Å². The molecule has 122 valence electrons. The molecule has 1 N–H and O–H groups in total. The number of benzene rings is 1. The van der Waals surface area contributed by atoms with E-state index in [0.29, 0.717) is 16.9 Å². The Morgan fingerprint density at radius 2 is 1.75 bits per heavy atom. The maximum Gasteiger partial charge on any atom is 0.261 e. The van der Waals surface area contributed by atoms with Crippen LogP contribution in [0.15, 0.2) is 36.5 Å². The molecule has 0 atom stereocenters. The van der Waals surface area contributed by atoms with E-state index >= 15 is 0 Å². The fourth-order valence-electron chi connectivity index (χ4n) is 2.63. The van der Waals surface area contributed by atoms with Crippen molar-refractivity contribution in [3.05, 3.63) is 58.8 Å². The molecule has 1 aliphatic rings. The number of aryl methyl sites for hydroxylation is 2. The predicted octanol–water partition coefficient (Wildman–Crippen LogP) is 2.32. The molecular formula is C18H17N3O3. The number of carbonyl (C=O) groups excluding carboxylic acids is 3. The highest BCUT2D eigenvalue weighted by Crippen LogP contribution is 2.24. The Morgan fingerprint density at radius 1 is 1.04 bits per heavy atom. The Morgan fingerprint density at radius 3 is 2.50 bits per heavy atom. The highest BCUT2D eigenvalue weighted by molar-refractivity contribution is 6.21. The fraction of sp³-hybridized carbons (Fsp3) is 0.222. The lowest BCUT2D eigenvalue weighted by Crippen LogP contribution is -2.33. The molecule has 0 bridgehead atoms. The van der Waals surface area contributed by atoms with Gasteiger partial charge in [0.1, 0.15) is 5.82 Å². The Kier molecular flexibility index (Phi) is 4.12. The molecule has 0 unspecified atom stereocenters. The van der Waals surface area contributed by atoms with Crippen LogP contribution in [-0.4, -0.2) is 34.2 Å². The van der Waals surface area contributed by atoms with Crippen LogP contribution in [0.5, 0.6) is 0 Å². The lowest BCUT2D eigenvalue weighted by molar-refractivity contribution is -0.116. The lowest BCUT2D eigenvalue weighted by Gasteiger charge is -2.13. The summed E-state index contributed by atoms with van der Waals surface area (Å²) in [5.74, 6) is -0.532. The molecule has 0 aliphatic carbocycles. The van der Waals surface area contributed by atoms with Gasteiger partial charge in [-0.05, 0) is 43.7 Å². The molecular weight excluding hydrogens is 306 g/mol. The maximum absolute atomic E-state index is 12.3. The summed E-state index contributed by atoms with van der Waals surface area (Å²) in [5.41, 5.74) is 2.70. The van der Waals surface area contributed by atoms with Crippen LogP contribution in [0.4, 0.5) is 5.82 Å². The van der Waals surface area contributed by atoms with E-state index in [9.17, 15) is 14.4 Å². The number of nitrogens with one attached hydrogen (secondary N) is 1. The first-order chi connectivity index (χ1) is 11.5. The van der Waals surface area contributed by atoms with Crippen LogP contribution in [0, 0.1) is 13.8 Å².